The predicted molar refractivity (Wildman–Crippen MR) is 127 cm³/mol. The van der Waals surface area contributed by atoms with Crippen LogP contribution in [-0.2, 0) is 11.8 Å². The third-order valence-electron chi connectivity index (χ3n) is 5.76. The molecule has 1 aromatic carbocycles. The Bertz CT molecular complexity index is 1700. The van der Waals surface area contributed by atoms with Crippen LogP contribution in [0.25, 0.3) is 27.7 Å². The monoisotopic (exact) mass is 527 g/mol. The van der Waals surface area contributed by atoms with Crippen LogP contribution in [0.2, 0.25) is 0 Å². The molecule has 0 saturated carbocycles. The van der Waals surface area contributed by atoms with Crippen LogP contribution in [-0.4, -0.2) is 55.3 Å². The Balaban J connectivity index is 1.44. The number of aryl methyl sites for hydroxylation is 1. The van der Waals surface area contributed by atoms with Gasteiger partial charge in [-0.25, -0.2) is 0 Å². The first-order valence-electron chi connectivity index (χ1n) is 10.8. The summed E-state index contributed by atoms with van der Waals surface area (Å²) < 4.78 is 52.4. The topological polar surface area (TPSA) is 99.7 Å². The van der Waals surface area contributed by atoms with Crippen molar-refractivity contribution in [2.75, 3.05) is 18.6 Å². The molecule has 5 aromatic rings. The summed E-state index contributed by atoms with van der Waals surface area (Å²) in [4.78, 5) is 18.6. The number of fused-ring (bicyclic) bond motifs is 4. The van der Waals surface area contributed by atoms with Crippen molar-refractivity contribution in [2.45, 2.75) is 16.4 Å². The highest BCUT2D eigenvalue weighted by atomic mass is 32.2. The van der Waals surface area contributed by atoms with Crippen molar-refractivity contribution in [3.05, 3.63) is 49.1 Å². The van der Waals surface area contributed by atoms with E-state index >= 15 is 0 Å². The number of aromatic nitrogens is 6. The zero-order chi connectivity index (χ0) is 25.9. The zero-order valence-electron chi connectivity index (χ0n) is 19.2. The van der Waals surface area contributed by atoms with Gasteiger partial charge in [-0.15, -0.1) is 23.4 Å². The van der Waals surface area contributed by atoms with E-state index in [2.05, 4.69) is 25.0 Å². The summed E-state index contributed by atoms with van der Waals surface area (Å²) in [5, 5.41) is 13.2. The number of hydrogen-bond donors (Lipinski definition) is 0. The van der Waals surface area contributed by atoms with E-state index in [1.165, 1.54) is 33.3 Å². The van der Waals surface area contributed by atoms with Gasteiger partial charge in [0.1, 0.15) is 5.69 Å². The third kappa shape index (κ3) is 4.18. The molecule has 1 aliphatic heterocycles. The van der Waals surface area contributed by atoms with Crippen molar-refractivity contribution in [2.24, 2.45) is 7.05 Å². The first-order valence-corrected chi connectivity index (χ1v) is 11.6. The molecule has 0 saturated heterocycles. The minimum atomic E-state index is -4.91. The molecular formula is C23H16F3N7O3S. The molecule has 4 aromatic heterocycles. The van der Waals surface area contributed by atoms with Crippen LogP contribution >= 0.6 is 11.8 Å². The molecule has 0 radical (unpaired) electrons. The van der Waals surface area contributed by atoms with Crippen molar-refractivity contribution in [1.29, 1.82) is 0 Å². The quantitative estimate of drug-likeness (QED) is 0.345. The Morgan fingerprint density at radius 3 is 2.68 bits per heavy atom. The number of alkyl halides is 3. The van der Waals surface area contributed by atoms with Gasteiger partial charge >= 0.3 is 6.36 Å². The summed E-state index contributed by atoms with van der Waals surface area (Å²) in [5.74, 6) is -0.137. The molecule has 0 fully saturated rings. The average Bonchev–Trinajstić information content (AvgIpc) is 3.46. The van der Waals surface area contributed by atoms with E-state index in [-0.39, 0.29) is 18.2 Å². The minimum Gasteiger partial charge on any atom is -0.481 e. The number of anilines is 1. The number of benzene rings is 1. The molecule has 0 aliphatic carbocycles. The first kappa shape index (κ1) is 23.1. The number of pyridine rings is 2. The SMILES string of the molecule is CN1C(=O)COc2c1cnc1ccc(Sc3nnc4c(OC(F)(F)F)cc(-c5cnn(C)c5)cn34)cc21. The Labute approximate surface area is 210 Å². The summed E-state index contributed by atoms with van der Waals surface area (Å²) >= 11 is 1.19. The number of amides is 1. The second-order valence-corrected chi connectivity index (χ2v) is 9.26. The maximum atomic E-state index is 13.2. The van der Waals surface area contributed by atoms with Crippen LogP contribution < -0.4 is 14.4 Å². The summed E-state index contributed by atoms with van der Waals surface area (Å²) in [7, 11) is 3.36. The molecule has 0 bridgehead atoms. The molecular weight excluding hydrogens is 511 g/mol. The average molecular weight is 527 g/mol. The molecule has 37 heavy (non-hydrogen) atoms. The molecule has 1 amide bonds. The van der Waals surface area contributed by atoms with E-state index in [1.54, 1.807) is 43.4 Å². The van der Waals surface area contributed by atoms with Crippen molar-refractivity contribution in [3.63, 3.8) is 0 Å². The van der Waals surface area contributed by atoms with Crippen molar-refractivity contribution < 1.29 is 27.4 Å². The number of likely N-dealkylation sites (N-methyl/N-ethyl adjacent to an activating group) is 1. The van der Waals surface area contributed by atoms with E-state index in [4.69, 9.17) is 4.74 Å². The van der Waals surface area contributed by atoms with Gasteiger partial charge < -0.3 is 14.4 Å². The highest BCUT2D eigenvalue weighted by molar-refractivity contribution is 7.99. The van der Waals surface area contributed by atoms with E-state index in [0.29, 0.717) is 43.5 Å². The van der Waals surface area contributed by atoms with E-state index < -0.39 is 12.1 Å². The zero-order valence-corrected chi connectivity index (χ0v) is 20.0. The number of nitrogens with zero attached hydrogens (tertiary/aromatic N) is 7. The second-order valence-electron chi connectivity index (χ2n) is 8.21. The summed E-state index contributed by atoms with van der Waals surface area (Å²) in [5.41, 5.74) is 2.17. The smallest absolute Gasteiger partial charge is 0.481 e. The summed E-state index contributed by atoms with van der Waals surface area (Å²) in [6.07, 6.45) is 1.52. The lowest BCUT2D eigenvalue weighted by atomic mass is 10.1. The Morgan fingerprint density at radius 2 is 1.92 bits per heavy atom. The number of hydrogen-bond acceptors (Lipinski definition) is 8. The molecule has 0 unspecified atom stereocenters. The highest BCUT2D eigenvalue weighted by Crippen LogP contribution is 2.40. The molecule has 10 nitrogen and oxygen atoms in total. The fourth-order valence-electron chi connectivity index (χ4n) is 4.00. The predicted octanol–water partition coefficient (Wildman–Crippen LogP) is 4.08. The maximum Gasteiger partial charge on any atom is 0.573 e. The van der Waals surface area contributed by atoms with Gasteiger partial charge in [0.25, 0.3) is 5.91 Å². The van der Waals surface area contributed by atoms with Crippen LogP contribution in [0, 0.1) is 0 Å². The van der Waals surface area contributed by atoms with Crippen LogP contribution in [0.15, 0.2) is 59.1 Å². The molecule has 0 N–H and O–H groups in total. The van der Waals surface area contributed by atoms with Gasteiger partial charge in [0.2, 0.25) is 10.8 Å². The molecule has 14 heteroatoms. The maximum absolute atomic E-state index is 13.2. The Morgan fingerprint density at radius 1 is 1.08 bits per heavy atom. The Kier molecular flexibility index (Phi) is 5.22. The third-order valence-corrected chi connectivity index (χ3v) is 6.71. The van der Waals surface area contributed by atoms with Gasteiger partial charge in [-0.2, -0.15) is 5.10 Å². The standard InChI is InChI=1S/C23H16F3N7O3S/c1-31-9-13(7-28-31)12-5-18(36-23(24,25)26)21-29-30-22(33(21)10-12)37-14-3-4-16-15(6-14)20-17(8-27-16)32(2)19(34)11-35-20/h3-10H,11H2,1-2H3. The lowest BCUT2D eigenvalue weighted by Gasteiger charge is -2.26. The second kappa shape index (κ2) is 8.37. The van der Waals surface area contributed by atoms with Crippen LogP contribution in [0.3, 0.4) is 0 Å². The van der Waals surface area contributed by atoms with Gasteiger partial charge in [-0.3, -0.25) is 18.9 Å². The molecule has 0 spiro atoms. The number of ether oxygens (including phenoxy) is 2. The largest absolute Gasteiger partial charge is 0.573 e. The fraction of sp³-hybridized carbons (Fsp3) is 0.174. The molecule has 6 rings (SSSR count). The van der Waals surface area contributed by atoms with Gasteiger partial charge in [-0.05, 0) is 36.0 Å². The lowest BCUT2D eigenvalue weighted by molar-refractivity contribution is -0.274. The molecule has 1 aliphatic rings. The summed E-state index contributed by atoms with van der Waals surface area (Å²) in [6, 6.07) is 6.68. The normalized spacial score (nSPS) is 13.8. The molecule has 0 atom stereocenters. The minimum absolute atomic E-state index is 0.0872. The molecule has 188 valence electrons. The first-order chi connectivity index (χ1) is 17.7. The van der Waals surface area contributed by atoms with E-state index in [9.17, 15) is 18.0 Å². The van der Waals surface area contributed by atoms with Crippen molar-refractivity contribution in [3.8, 4) is 22.6 Å². The van der Waals surface area contributed by atoms with E-state index in [0.717, 1.165) is 0 Å². The fourth-order valence-corrected chi connectivity index (χ4v) is 4.85. The van der Waals surface area contributed by atoms with Crippen LogP contribution in [0.5, 0.6) is 11.5 Å². The summed E-state index contributed by atoms with van der Waals surface area (Å²) in [6.45, 7) is -0.0894. The van der Waals surface area contributed by atoms with Crippen LogP contribution in [0.4, 0.5) is 18.9 Å². The van der Waals surface area contributed by atoms with Crippen molar-refractivity contribution in [1.82, 2.24) is 29.4 Å². The van der Waals surface area contributed by atoms with Gasteiger partial charge in [0.05, 0.1) is 17.9 Å². The number of carbonyl (C=O) groups excluding carboxylic acids is 1. The number of carbonyl (C=O) groups is 1. The highest BCUT2D eigenvalue weighted by Gasteiger charge is 2.33. The van der Waals surface area contributed by atoms with Gasteiger partial charge in [0, 0.05) is 47.9 Å². The number of rotatable bonds is 4. The Hall–Kier alpha value is -4.33. The van der Waals surface area contributed by atoms with Crippen LogP contribution in [0.1, 0.15) is 0 Å². The van der Waals surface area contributed by atoms with E-state index in [1.807, 2.05) is 12.1 Å². The molecule has 5 heterocycles. The number of halogens is 3. The van der Waals surface area contributed by atoms with Gasteiger partial charge in [-0.1, -0.05) is 0 Å². The van der Waals surface area contributed by atoms with Gasteiger partial charge in [0.15, 0.2) is 18.1 Å². The van der Waals surface area contributed by atoms with Crippen molar-refractivity contribution >= 4 is 39.9 Å². The lowest BCUT2D eigenvalue weighted by Crippen LogP contribution is -2.35.